The number of hydrogen-bond donors (Lipinski definition) is 1. The lowest BCUT2D eigenvalue weighted by molar-refractivity contribution is -0.118. The summed E-state index contributed by atoms with van der Waals surface area (Å²) in [4.78, 5) is 11.6. The van der Waals surface area contributed by atoms with E-state index < -0.39 is 0 Å². The molecule has 0 spiro atoms. The SMILES string of the molecule is CCCC1CC=C(NCC)C1=O. The van der Waals surface area contributed by atoms with Gasteiger partial charge in [-0.05, 0) is 19.8 Å². The Morgan fingerprint density at radius 2 is 2.33 bits per heavy atom. The van der Waals surface area contributed by atoms with Crippen LogP contribution in [0.15, 0.2) is 11.8 Å². The maximum absolute atomic E-state index is 11.6. The van der Waals surface area contributed by atoms with Gasteiger partial charge in [0.05, 0.1) is 5.70 Å². The van der Waals surface area contributed by atoms with Crippen molar-refractivity contribution in [2.45, 2.75) is 33.1 Å². The van der Waals surface area contributed by atoms with Gasteiger partial charge in [0.1, 0.15) is 0 Å². The van der Waals surface area contributed by atoms with Crippen molar-refractivity contribution in [2.75, 3.05) is 6.54 Å². The molecule has 12 heavy (non-hydrogen) atoms. The Kier molecular flexibility index (Phi) is 3.32. The second-order valence-corrected chi connectivity index (χ2v) is 3.23. The number of rotatable bonds is 4. The lowest BCUT2D eigenvalue weighted by Crippen LogP contribution is -2.21. The van der Waals surface area contributed by atoms with Crippen LogP contribution >= 0.6 is 0 Å². The van der Waals surface area contributed by atoms with Gasteiger partial charge in [0.15, 0.2) is 5.78 Å². The number of Topliss-reactive ketones (excluding diaryl/α,β-unsaturated/α-hetero) is 1. The third-order valence-corrected chi connectivity index (χ3v) is 2.25. The van der Waals surface area contributed by atoms with Gasteiger partial charge < -0.3 is 5.32 Å². The lowest BCUT2D eigenvalue weighted by Gasteiger charge is -2.07. The maximum atomic E-state index is 11.6. The van der Waals surface area contributed by atoms with Crippen molar-refractivity contribution in [3.63, 3.8) is 0 Å². The largest absolute Gasteiger partial charge is 0.383 e. The molecule has 0 saturated carbocycles. The molecule has 1 rings (SSSR count). The zero-order chi connectivity index (χ0) is 8.97. The van der Waals surface area contributed by atoms with Crippen molar-refractivity contribution in [3.8, 4) is 0 Å². The summed E-state index contributed by atoms with van der Waals surface area (Å²) >= 11 is 0. The molecular formula is C10H17NO. The van der Waals surface area contributed by atoms with Crippen LogP contribution in [0, 0.1) is 5.92 Å². The summed E-state index contributed by atoms with van der Waals surface area (Å²) in [5.74, 6) is 0.586. The van der Waals surface area contributed by atoms with Crippen molar-refractivity contribution < 1.29 is 4.79 Å². The second-order valence-electron chi connectivity index (χ2n) is 3.23. The number of carbonyl (C=O) groups is 1. The van der Waals surface area contributed by atoms with Crippen molar-refractivity contribution in [3.05, 3.63) is 11.8 Å². The van der Waals surface area contributed by atoms with Crippen LogP contribution < -0.4 is 5.32 Å². The first kappa shape index (κ1) is 9.30. The molecule has 0 aromatic heterocycles. The summed E-state index contributed by atoms with van der Waals surface area (Å²) in [5.41, 5.74) is 0.843. The number of nitrogens with one attached hydrogen (secondary N) is 1. The monoisotopic (exact) mass is 167 g/mol. The van der Waals surface area contributed by atoms with Gasteiger partial charge in [-0.3, -0.25) is 4.79 Å². The highest BCUT2D eigenvalue weighted by Gasteiger charge is 2.25. The van der Waals surface area contributed by atoms with Gasteiger partial charge in [-0.1, -0.05) is 19.4 Å². The quantitative estimate of drug-likeness (QED) is 0.692. The third-order valence-electron chi connectivity index (χ3n) is 2.25. The van der Waals surface area contributed by atoms with Gasteiger partial charge in [0.2, 0.25) is 0 Å². The zero-order valence-electron chi connectivity index (χ0n) is 7.89. The molecule has 0 heterocycles. The Morgan fingerprint density at radius 1 is 1.58 bits per heavy atom. The Balaban J connectivity index is 2.45. The van der Waals surface area contributed by atoms with E-state index in [1.807, 2.05) is 13.0 Å². The molecule has 0 amide bonds. The molecule has 68 valence electrons. The summed E-state index contributed by atoms with van der Waals surface area (Å²) in [7, 11) is 0. The highest BCUT2D eigenvalue weighted by Crippen LogP contribution is 2.23. The summed E-state index contributed by atoms with van der Waals surface area (Å²) in [6.07, 6.45) is 5.11. The van der Waals surface area contributed by atoms with Gasteiger partial charge in [0.25, 0.3) is 0 Å². The molecular weight excluding hydrogens is 150 g/mol. The Bertz CT molecular complexity index is 196. The molecule has 0 aromatic carbocycles. The van der Waals surface area contributed by atoms with E-state index in [1.165, 1.54) is 0 Å². The fourth-order valence-electron chi connectivity index (χ4n) is 1.63. The van der Waals surface area contributed by atoms with Gasteiger partial charge in [-0.15, -0.1) is 0 Å². The van der Waals surface area contributed by atoms with Crippen LogP contribution in [0.4, 0.5) is 0 Å². The van der Waals surface area contributed by atoms with Crippen molar-refractivity contribution in [1.82, 2.24) is 5.32 Å². The van der Waals surface area contributed by atoms with Crippen LogP contribution in [-0.4, -0.2) is 12.3 Å². The van der Waals surface area contributed by atoms with Crippen molar-refractivity contribution in [1.29, 1.82) is 0 Å². The molecule has 0 bridgehead atoms. The molecule has 1 N–H and O–H groups in total. The minimum atomic E-state index is 0.268. The van der Waals surface area contributed by atoms with Gasteiger partial charge in [-0.25, -0.2) is 0 Å². The van der Waals surface area contributed by atoms with E-state index in [1.54, 1.807) is 0 Å². The molecule has 0 aliphatic heterocycles. The fraction of sp³-hybridized carbons (Fsp3) is 0.700. The first-order valence-electron chi connectivity index (χ1n) is 4.77. The minimum Gasteiger partial charge on any atom is -0.383 e. The molecule has 0 fully saturated rings. The molecule has 2 heteroatoms. The summed E-state index contributed by atoms with van der Waals surface area (Å²) < 4.78 is 0. The lowest BCUT2D eigenvalue weighted by atomic mass is 10.00. The van der Waals surface area contributed by atoms with E-state index in [4.69, 9.17) is 0 Å². The molecule has 0 aromatic rings. The summed E-state index contributed by atoms with van der Waals surface area (Å²) in [6, 6.07) is 0. The van der Waals surface area contributed by atoms with E-state index in [0.717, 1.165) is 31.5 Å². The second kappa shape index (κ2) is 4.29. The number of hydrogen-bond acceptors (Lipinski definition) is 2. The molecule has 1 unspecified atom stereocenters. The van der Waals surface area contributed by atoms with Gasteiger partial charge >= 0.3 is 0 Å². The predicted octanol–water partition coefficient (Wildman–Crippen LogP) is 1.87. The minimum absolute atomic E-state index is 0.268. The first-order chi connectivity index (χ1) is 5.79. The molecule has 2 nitrogen and oxygen atoms in total. The first-order valence-corrected chi connectivity index (χ1v) is 4.77. The smallest absolute Gasteiger partial charge is 0.181 e. The summed E-state index contributed by atoms with van der Waals surface area (Å²) in [6.45, 7) is 4.98. The number of allylic oxidation sites excluding steroid dienone is 2. The van der Waals surface area contributed by atoms with E-state index in [-0.39, 0.29) is 5.92 Å². The number of carbonyl (C=O) groups excluding carboxylic acids is 1. The predicted molar refractivity (Wildman–Crippen MR) is 49.8 cm³/mol. The van der Waals surface area contributed by atoms with E-state index in [2.05, 4.69) is 12.2 Å². The van der Waals surface area contributed by atoms with Crippen LogP contribution in [0.2, 0.25) is 0 Å². The molecule has 1 atom stereocenters. The topological polar surface area (TPSA) is 29.1 Å². The van der Waals surface area contributed by atoms with Crippen LogP contribution in [0.25, 0.3) is 0 Å². The van der Waals surface area contributed by atoms with Gasteiger partial charge in [0, 0.05) is 12.5 Å². The van der Waals surface area contributed by atoms with E-state index in [0.29, 0.717) is 5.78 Å². The molecule has 0 radical (unpaired) electrons. The van der Waals surface area contributed by atoms with Crippen LogP contribution in [-0.2, 0) is 4.79 Å². The van der Waals surface area contributed by atoms with E-state index in [9.17, 15) is 4.79 Å². The van der Waals surface area contributed by atoms with Crippen LogP contribution in [0.1, 0.15) is 33.1 Å². The third kappa shape index (κ3) is 1.87. The van der Waals surface area contributed by atoms with E-state index >= 15 is 0 Å². The highest BCUT2D eigenvalue weighted by molar-refractivity contribution is 5.98. The van der Waals surface area contributed by atoms with Crippen molar-refractivity contribution >= 4 is 5.78 Å². The van der Waals surface area contributed by atoms with Crippen LogP contribution in [0.5, 0.6) is 0 Å². The Labute approximate surface area is 74.0 Å². The standard InChI is InChI=1S/C10H17NO/c1-3-5-8-6-7-9(10(8)12)11-4-2/h7-8,11H,3-6H2,1-2H3. The fourth-order valence-corrected chi connectivity index (χ4v) is 1.63. The number of ketones is 1. The highest BCUT2D eigenvalue weighted by atomic mass is 16.1. The average Bonchev–Trinajstić information content (AvgIpc) is 2.38. The Morgan fingerprint density at radius 3 is 2.92 bits per heavy atom. The van der Waals surface area contributed by atoms with Gasteiger partial charge in [-0.2, -0.15) is 0 Å². The van der Waals surface area contributed by atoms with Crippen LogP contribution in [0.3, 0.4) is 0 Å². The average molecular weight is 167 g/mol. The zero-order valence-corrected chi connectivity index (χ0v) is 7.89. The van der Waals surface area contributed by atoms with Crippen molar-refractivity contribution in [2.24, 2.45) is 5.92 Å². The summed E-state index contributed by atoms with van der Waals surface area (Å²) in [5, 5.41) is 3.09. The molecule has 0 saturated heterocycles. The Hall–Kier alpha value is -0.790. The maximum Gasteiger partial charge on any atom is 0.181 e. The molecule has 1 aliphatic carbocycles. The normalized spacial score (nSPS) is 22.7. The number of likely N-dealkylation sites (N-methyl/N-ethyl adjacent to an activating group) is 1. The molecule has 1 aliphatic rings.